The highest BCUT2D eigenvalue weighted by Gasteiger charge is 2.36. The monoisotopic (exact) mass is 399 g/mol. The van der Waals surface area contributed by atoms with E-state index in [0.717, 1.165) is 28.5 Å². The summed E-state index contributed by atoms with van der Waals surface area (Å²) in [5.41, 5.74) is 2.67. The Morgan fingerprint density at radius 2 is 1.90 bits per heavy atom. The van der Waals surface area contributed by atoms with E-state index < -0.39 is 17.7 Å². The third-order valence-corrected chi connectivity index (χ3v) is 5.17. The first-order valence-corrected chi connectivity index (χ1v) is 9.95. The average molecular weight is 399 g/mol. The summed E-state index contributed by atoms with van der Waals surface area (Å²) in [4.78, 5) is 41.8. The van der Waals surface area contributed by atoms with Crippen LogP contribution in [0.2, 0.25) is 0 Å². The smallest absolute Gasteiger partial charge is 0.410 e. The van der Waals surface area contributed by atoms with Gasteiger partial charge in [0.05, 0.1) is 0 Å². The molecule has 1 aromatic heterocycles. The van der Waals surface area contributed by atoms with Crippen LogP contribution < -0.4 is 10.9 Å². The Kier molecular flexibility index (Phi) is 5.68. The molecule has 0 bridgehead atoms. The Morgan fingerprint density at radius 1 is 1.21 bits per heavy atom. The van der Waals surface area contributed by atoms with Gasteiger partial charge < -0.3 is 15.0 Å². The van der Waals surface area contributed by atoms with Crippen LogP contribution in [0, 0.1) is 13.8 Å². The van der Waals surface area contributed by atoms with Crippen molar-refractivity contribution in [2.24, 2.45) is 0 Å². The normalized spacial score (nSPS) is 16.9. The van der Waals surface area contributed by atoms with Gasteiger partial charge in [0.2, 0.25) is 5.91 Å². The Morgan fingerprint density at radius 3 is 2.59 bits per heavy atom. The number of likely N-dealkylation sites (tertiary alicyclic amines) is 1. The average Bonchev–Trinajstić information content (AvgIpc) is 3.10. The molecule has 1 aromatic carbocycles. The number of aromatic nitrogens is 1. The minimum absolute atomic E-state index is 0.107. The molecule has 1 atom stereocenters. The number of H-pyrrole nitrogens is 1. The lowest BCUT2D eigenvalue weighted by Gasteiger charge is -2.28. The van der Waals surface area contributed by atoms with Crippen LogP contribution in [-0.2, 0) is 16.1 Å². The van der Waals surface area contributed by atoms with E-state index in [-0.39, 0.29) is 18.0 Å². The zero-order valence-corrected chi connectivity index (χ0v) is 17.7. The molecule has 1 saturated heterocycles. The van der Waals surface area contributed by atoms with E-state index in [2.05, 4.69) is 10.3 Å². The first-order valence-electron chi connectivity index (χ1n) is 9.95. The number of pyridine rings is 1. The van der Waals surface area contributed by atoms with Gasteiger partial charge in [-0.25, -0.2) is 4.79 Å². The maximum Gasteiger partial charge on any atom is 0.410 e. The van der Waals surface area contributed by atoms with Gasteiger partial charge in [0.1, 0.15) is 11.6 Å². The van der Waals surface area contributed by atoms with Crippen molar-refractivity contribution in [2.45, 2.75) is 65.6 Å². The zero-order chi connectivity index (χ0) is 21.3. The fourth-order valence-electron chi connectivity index (χ4n) is 3.53. The first kappa shape index (κ1) is 20.9. The largest absolute Gasteiger partial charge is 0.444 e. The molecule has 1 fully saturated rings. The number of hydrogen-bond acceptors (Lipinski definition) is 4. The summed E-state index contributed by atoms with van der Waals surface area (Å²) in [6.45, 7) is 10.0. The Bertz CT molecular complexity index is 1000. The number of aryl methyl sites for hydroxylation is 2. The van der Waals surface area contributed by atoms with E-state index in [1.54, 1.807) is 26.8 Å². The quantitative estimate of drug-likeness (QED) is 0.829. The molecule has 0 radical (unpaired) electrons. The Labute approximate surface area is 170 Å². The van der Waals surface area contributed by atoms with Gasteiger partial charge in [0.15, 0.2) is 0 Å². The Balaban J connectivity index is 1.71. The summed E-state index contributed by atoms with van der Waals surface area (Å²) in [6.07, 6.45) is 0.842. The lowest BCUT2D eigenvalue weighted by atomic mass is 10.0. The van der Waals surface area contributed by atoms with Crippen LogP contribution in [0.4, 0.5) is 4.79 Å². The number of amides is 2. The van der Waals surface area contributed by atoms with Crippen molar-refractivity contribution in [1.29, 1.82) is 0 Å². The summed E-state index contributed by atoms with van der Waals surface area (Å²) in [5, 5.41) is 3.74. The molecule has 2 N–H and O–H groups in total. The molecule has 7 heteroatoms. The zero-order valence-electron chi connectivity index (χ0n) is 17.7. The lowest BCUT2D eigenvalue weighted by molar-refractivity contribution is -0.125. The second kappa shape index (κ2) is 7.89. The van der Waals surface area contributed by atoms with Gasteiger partial charge in [-0.05, 0) is 82.2 Å². The van der Waals surface area contributed by atoms with Gasteiger partial charge in [-0.2, -0.15) is 0 Å². The highest BCUT2D eigenvalue weighted by molar-refractivity contribution is 5.86. The van der Waals surface area contributed by atoms with Gasteiger partial charge in [-0.15, -0.1) is 0 Å². The Hall–Kier alpha value is -2.83. The number of nitrogens with one attached hydrogen (secondary N) is 2. The summed E-state index contributed by atoms with van der Waals surface area (Å²) in [5.74, 6) is -0.270. The van der Waals surface area contributed by atoms with Crippen LogP contribution >= 0.6 is 0 Å². The molecule has 7 nitrogen and oxygen atoms in total. The van der Waals surface area contributed by atoms with Crippen LogP contribution in [0.5, 0.6) is 0 Å². The predicted molar refractivity (Wildman–Crippen MR) is 112 cm³/mol. The molecule has 1 aliphatic rings. The third kappa shape index (κ3) is 4.78. The molecule has 2 aromatic rings. The number of benzene rings is 1. The minimum Gasteiger partial charge on any atom is -0.444 e. The number of hydrogen-bond donors (Lipinski definition) is 2. The second-order valence-corrected chi connectivity index (χ2v) is 8.70. The maximum absolute atomic E-state index is 12.7. The predicted octanol–water partition coefficient (Wildman–Crippen LogP) is 3.16. The minimum atomic E-state index is -0.616. The molecule has 156 valence electrons. The van der Waals surface area contributed by atoms with Gasteiger partial charge in [0.25, 0.3) is 5.56 Å². The molecule has 0 saturated carbocycles. The SMILES string of the molecule is Cc1cc2cc(CNC(=O)C3CCCN3C(=O)OC(C)(C)C)c(=O)[nH]c2cc1C. The second-order valence-electron chi connectivity index (χ2n) is 8.70. The number of nitrogens with zero attached hydrogens (tertiary/aromatic N) is 1. The number of carbonyl (C=O) groups excluding carboxylic acids is 2. The van der Waals surface area contributed by atoms with Crippen molar-refractivity contribution in [3.63, 3.8) is 0 Å². The third-order valence-electron chi connectivity index (χ3n) is 5.17. The highest BCUT2D eigenvalue weighted by atomic mass is 16.6. The standard InChI is InChI=1S/C22H29N3O4/c1-13-9-15-11-16(19(26)24-17(15)10-14(13)2)12-23-20(27)18-7-6-8-25(18)21(28)29-22(3,4)5/h9-11,18H,6-8,12H2,1-5H3,(H,23,27)(H,24,26). The summed E-state index contributed by atoms with van der Waals surface area (Å²) in [7, 11) is 0. The van der Waals surface area contributed by atoms with Crippen molar-refractivity contribution in [1.82, 2.24) is 15.2 Å². The van der Waals surface area contributed by atoms with Gasteiger partial charge in [-0.1, -0.05) is 0 Å². The van der Waals surface area contributed by atoms with Crippen molar-refractivity contribution in [3.8, 4) is 0 Å². The number of rotatable bonds is 3. The topological polar surface area (TPSA) is 91.5 Å². The van der Waals surface area contributed by atoms with E-state index in [1.165, 1.54) is 4.90 Å². The van der Waals surface area contributed by atoms with Crippen molar-refractivity contribution in [3.05, 3.63) is 45.2 Å². The van der Waals surface area contributed by atoms with Crippen LogP contribution in [-0.4, -0.2) is 40.1 Å². The highest BCUT2D eigenvalue weighted by Crippen LogP contribution is 2.21. The molecular formula is C22H29N3O4. The van der Waals surface area contributed by atoms with Crippen LogP contribution in [0.15, 0.2) is 23.0 Å². The lowest BCUT2D eigenvalue weighted by Crippen LogP contribution is -2.47. The fourth-order valence-corrected chi connectivity index (χ4v) is 3.53. The van der Waals surface area contributed by atoms with Gasteiger partial charge >= 0.3 is 6.09 Å². The molecule has 1 aliphatic heterocycles. The fraction of sp³-hybridized carbons (Fsp3) is 0.500. The molecule has 1 unspecified atom stereocenters. The molecule has 3 rings (SSSR count). The molecular weight excluding hydrogens is 370 g/mol. The van der Waals surface area contributed by atoms with E-state index in [9.17, 15) is 14.4 Å². The first-order chi connectivity index (χ1) is 13.5. The molecule has 29 heavy (non-hydrogen) atoms. The van der Waals surface area contributed by atoms with E-state index in [1.807, 2.05) is 26.0 Å². The van der Waals surface area contributed by atoms with Crippen LogP contribution in [0.1, 0.15) is 50.3 Å². The van der Waals surface area contributed by atoms with E-state index in [4.69, 9.17) is 4.74 Å². The summed E-state index contributed by atoms with van der Waals surface area (Å²) < 4.78 is 5.40. The van der Waals surface area contributed by atoms with Crippen molar-refractivity contribution in [2.75, 3.05) is 6.54 Å². The molecule has 0 spiro atoms. The van der Waals surface area contributed by atoms with Gasteiger partial charge in [0, 0.05) is 24.2 Å². The molecule has 0 aliphatic carbocycles. The molecule has 2 amide bonds. The van der Waals surface area contributed by atoms with Crippen LogP contribution in [0.25, 0.3) is 10.9 Å². The summed E-state index contributed by atoms with van der Waals surface area (Å²) in [6, 6.07) is 5.20. The van der Waals surface area contributed by atoms with E-state index >= 15 is 0 Å². The van der Waals surface area contributed by atoms with Crippen LogP contribution in [0.3, 0.4) is 0 Å². The van der Waals surface area contributed by atoms with E-state index in [0.29, 0.717) is 18.5 Å². The summed E-state index contributed by atoms with van der Waals surface area (Å²) >= 11 is 0. The van der Waals surface area contributed by atoms with Crippen molar-refractivity contribution >= 4 is 22.9 Å². The number of fused-ring (bicyclic) bond motifs is 1. The number of ether oxygens (including phenoxy) is 1. The van der Waals surface area contributed by atoms with Crippen molar-refractivity contribution < 1.29 is 14.3 Å². The molecule has 2 heterocycles. The maximum atomic E-state index is 12.7. The number of aromatic amines is 1. The number of carbonyl (C=O) groups is 2. The van der Waals surface area contributed by atoms with Gasteiger partial charge in [-0.3, -0.25) is 14.5 Å².